The van der Waals surface area contributed by atoms with Crippen LogP contribution in [-0.4, -0.2) is 10.7 Å². The van der Waals surface area contributed by atoms with Crippen LogP contribution in [0, 0.1) is 0 Å². The van der Waals surface area contributed by atoms with Gasteiger partial charge in [-0.05, 0) is 19.3 Å². The van der Waals surface area contributed by atoms with Gasteiger partial charge in [-0.15, -0.1) is 0 Å². The van der Waals surface area contributed by atoms with E-state index < -0.39 is 5.60 Å². The molecule has 0 fully saturated rings. The molecule has 0 saturated heterocycles. The summed E-state index contributed by atoms with van der Waals surface area (Å²) in [7, 11) is 0. The summed E-state index contributed by atoms with van der Waals surface area (Å²) in [5, 5.41) is 9.72. The van der Waals surface area contributed by atoms with Gasteiger partial charge in [0.25, 0.3) is 0 Å². The Labute approximate surface area is 69.6 Å². The zero-order chi connectivity index (χ0) is 7.61. The van der Waals surface area contributed by atoms with Gasteiger partial charge in [-0.3, -0.25) is 0 Å². The second-order valence-electron chi connectivity index (χ2n) is 2.57. The molecule has 0 heterocycles. The molecule has 0 bridgehead atoms. The van der Waals surface area contributed by atoms with Gasteiger partial charge in [0, 0.05) is 4.48 Å². The van der Waals surface area contributed by atoms with Gasteiger partial charge >= 0.3 is 0 Å². The first-order valence-electron chi connectivity index (χ1n) is 3.41. The highest BCUT2D eigenvalue weighted by Gasteiger charge is 2.27. The Morgan fingerprint density at radius 3 is 2.90 bits per heavy atom. The molecule has 10 heavy (non-hydrogen) atoms. The van der Waals surface area contributed by atoms with Crippen LogP contribution in [0.15, 0.2) is 23.2 Å². The molecule has 1 N–H and O–H groups in total. The first-order valence-corrected chi connectivity index (χ1v) is 4.20. The lowest BCUT2D eigenvalue weighted by Crippen LogP contribution is -2.27. The predicted molar refractivity (Wildman–Crippen MR) is 46.0 cm³/mol. The number of hydrogen-bond acceptors (Lipinski definition) is 1. The Hall–Kier alpha value is -0.0800. The fourth-order valence-corrected chi connectivity index (χ4v) is 1.69. The van der Waals surface area contributed by atoms with E-state index in [1.165, 1.54) is 0 Å². The molecule has 1 rings (SSSR count). The van der Waals surface area contributed by atoms with Gasteiger partial charge in [-0.1, -0.05) is 34.7 Å². The zero-order valence-corrected chi connectivity index (χ0v) is 7.39. The molecule has 0 spiro atoms. The van der Waals surface area contributed by atoms with Crippen LogP contribution in [0.2, 0.25) is 0 Å². The summed E-state index contributed by atoms with van der Waals surface area (Å²) in [6, 6.07) is 0. The zero-order valence-electron chi connectivity index (χ0n) is 5.81. The quantitative estimate of drug-likeness (QED) is 0.648. The van der Waals surface area contributed by atoms with Crippen molar-refractivity contribution in [2.45, 2.75) is 24.9 Å². The smallest absolute Gasteiger partial charge is 0.114 e. The van der Waals surface area contributed by atoms with Crippen molar-refractivity contribution in [1.29, 1.82) is 0 Å². The van der Waals surface area contributed by atoms with Crippen molar-refractivity contribution in [2.75, 3.05) is 0 Å². The summed E-state index contributed by atoms with van der Waals surface area (Å²) in [5.74, 6) is 0. The van der Waals surface area contributed by atoms with Crippen molar-refractivity contribution in [3.05, 3.63) is 23.2 Å². The van der Waals surface area contributed by atoms with Gasteiger partial charge in [-0.25, -0.2) is 0 Å². The molecular weight excluding hydrogens is 192 g/mol. The summed E-state index contributed by atoms with van der Waals surface area (Å²) in [4.78, 5) is 0. The van der Waals surface area contributed by atoms with Crippen LogP contribution in [0.25, 0.3) is 0 Å². The summed E-state index contributed by atoms with van der Waals surface area (Å²) in [6.07, 6.45) is 6.47. The second kappa shape index (κ2) is 2.89. The largest absolute Gasteiger partial charge is 0.381 e. The number of aliphatic hydroxyl groups is 1. The van der Waals surface area contributed by atoms with E-state index in [2.05, 4.69) is 22.5 Å². The van der Waals surface area contributed by atoms with Gasteiger partial charge in [0.15, 0.2) is 0 Å². The third kappa shape index (κ3) is 1.32. The molecule has 2 heteroatoms. The van der Waals surface area contributed by atoms with Crippen molar-refractivity contribution >= 4 is 15.9 Å². The van der Waals surface area contributed by atoms with Crippen molar-refractivity contribution in [1.82, 2.24) is 0 Å². The third-order valence-electron chi connectivity index (χ3n) is 1.84. The molecule has 0 aromatic carbocycles. The molecule has 0 aliphatic heterocycles. The number of allylic oxidation sites excluding steroid dienone is 1. The highest BCUT2D eigenvalue weighted by molar-refractivity contribution is 9.11. The van der Waals surface area contributed by atoms with Gasteiger partial charge in [0.05, 0.1) is 0 Å². The van der Waals surface area contributed by atoms with Crippen molar-refractivity contribution in [2.24, 2.45) is 0 Å². The molecule has 0 saturated carbocycles. The molecule has 0 radical (unpaired) electrons. The minimum atomic E-state index is -0.780. The highest BCUT2D eigenvalue weighted by Crippen LogP contribution is 2.33. The van der Waals surface area contributed by atoms with E-state index in [0.29, 0.717) is 0 Å². The fourth-order valence-electron chi connectivity index (χ4n) is 1.10. The van der Waals surface area contributed by atoms with Crippen LogP contribution >= 0.6 is 15.9 Å². The Balaban J connectivity index is 2.84. The molecule has 0 amide bonds. The maximum Gasteiger partial charge on any atom is 0.114 e. The van der Waals surface area contributed by atoms with E-state index in [4.69, 9.17) is 0 Å². The van der Waals surface area contributed by atoms with Gasteiger partial charge in [0.2, 0.25) is 0 Å². The number of halogens is 1. The average molecular weight is 203 g/mol. The maximum atomic E-state index is 9.72. The molecule has 1 nitrogen and oxygen atoms in total. The lowest BCUT2D eigenvalue weighted by molar-refractivity contribution is 0.122. The average Bonchev–Trinajstić information content (AvgIpc) is 1.96. The molecular formula is C8H11BrO. The fraction of sp³-hybridized carbons (Fsp3) is 0.500. The van der Waals surface area contributed by atoms with E-state index in [1.807, 2.05) is 6.08 Å². The van der Waals surface area contributed by atoms with E-state index in [9.17, 15) is 5.11 Å². The first kappa shape index (κ1) is 8.02. The van der Waals surface area contributed by atoms with E-state index >= 15 is 0 Å². The van der Waals surface area contributed by atoms with Crippen LogP contribution < -0.4 is 0 Å². The highest BCUT2D eigenvalue weighted by atomic mass is 79.9. The van der Waals surface area contributed by atoms with Crippen molar-refractivity contribution in [3.8, 4) is 0 Å². The molecule has 0 aromatic heterocycles. The Kier molecular flexibility index (Phi) is 2.32. The van der Waals surface area contributed by atoms with Crippen molar-refractivity contribution in [3.63, 3.8) is 0 Å². The molecule has 1 aliphatic carbocycles. The standard InChI is InChI=1S/C8H11BrO/c1-2-8(10)6-4-3-5-7(8)9/h2,5,10H,1,3-4,6H2. The van der Waals surface area contributed by atoms with Crippen LogP contribution in [0.5, 0.6) is 0 Å². The van der Waals surface area contributed by atoms with Crippen molar-refractivity contribution < 1.29 is 5.11 Å². The first-order chi connectivity index (χ1) is 4.69. The van der Waals surface area contributed by atoms with Gasteiger partial charge < -0.3 is 5.11 Å². The molecule has 1 atom stereocenters. The molecule has 0 aromatic rings. The van der Waals surface area contributed by atoms with E-state index in [1.54, 1.807) is 6.08 Å². The van der Waals surface area contributed by atoms with Crippen LogP contribution in [0.4, 0.5) is 0 Å². The monoisotopic (exact) mass is 202 g/mol. The topological polar surface area (TPSA) is 20.2 Å². The minimum absolute atomic E-state index is 0.780. The SMILES string of the molecule is C=CC1(O)CCCC=C1Br. The van der Waals surface area contributed by atoms with E-state index in [0.717, 1.165) is 23.7 Å². The normalized spacial score (nSPS) is 33.2. The number of rotatable bonds is 1. The maximum absolute atomic E-state index is 9.72. The Morgan fingerprint density at radius 2 is 2.50 bits per heavy atom. The summed E-state index contributed by atoms with van der Waals surface area (Å²) in [6.45, 7) is 3.59. The summed E-state index contributed by atoms with van der Waals surface area (Å²) in [5.41, 5.74) is -0.780. The third-order valence-corrected chi connectivity index (χ3v) is 2.85. The predicted octanol–water partition coefficient (Wildman–Crippen LogP) is 2.37. The van der Waals surface area contributed by atoms with E-state index in [-0.39, 0.29) is 0 Å². The molecule has 1 aliphatic rings. The molecule has 56 valence electrons. The van der Waals surface area contributed by atoms with Gasteiger partial charge in [-0.2, -0.15) is 0 Å². The van der Waals surface area contributed by atoms with Crippen LogP contribution in [-0.2, 0) is 0 Å². The summed E-state index contributed by atoms with van der Waals surface area (Å²) >= 11 is 3.31. The van der Waals surface area contributed by atoms with Gasteiger partial charge in [0.1, 0.15) is 5.60 Å². The Bertz CT molecular complexity index is 174. The second-order valence-corrected chi connectivity index (χ2v) is 3.43. The summed E-state index contributed by atoms with van der Waals surface area (Å²) < 4.78 is 0.862. The molecule has 1 unspecified atom stereocenters. The lowest BCUT2D eigenvalue weighted by atomic mass is 9.91. The van der Waals surface area contributed by atoms with Crippen LogP contribution in [0.3, 0.4) is 0 Å². The number of hydrogen-bond donors (Lipinski definition) is 1. The lowest BCUT2D eigenvalue weighted by Gasteiger charge is -2.27. The Morgan fingerprint density at radius 1 is 1.80 bits per heavy atom. The minimum Gasteiger partial charge on any atom is -0.381 e. The van der Waals surface area contributed by atoms with Crippen LogP contribution in [0.1, 0.15) is 19.3 Å².